The quantitative estimate of drug-likeness (QED) is 0.272. The van der Waals surface area contributed by atoms with Crippen molar-refractivity contribution in [3.63, 3.8) is 0 Å². The molecule has 0 aromatic carbocycles. The van der Waals surface area contributed by atoms with E-state index in [0.29, 0.717) is 13.3 Å². The number of alkyl halides is 3. The summed E-state index contributed by atoms with van der Waals surface area (Å²) in [6.07, 6.45) is 12.5. The molecule has 0 radical (unpaired) electrons. The van der Waals surface area contributed by atoms with Crippen molar-refractivity contribution in [1.82, 2.24) is 0 Å². The zero-order valence-corrected chi connectivity index (χ0v) is 16.8. The zero-order valence-electron chi connectivity index (χ0n) is 16.8. The van der Waals surface area contributed by atoms with Crippen LogP contribution in [-0.2, 0) is 4.79 Å². The molecule has 26 heavy (non-hydrogen) atoms. The standard InChI is InChI=1S/C21H39F3O2/c1-3-4-5-6-7-8-9-10-11-12-13-14-15-16-17-18-19(25)20(2,26)21(22,23)24/h26H,3-18H2,1-2H3. The maximum absolute atomic E-state index is 12.5. The summed E-state index contributed by atoms with van der Waals surface area (Å²) in [5.74, 6) is -1.13. The van der Waals surface area contributed by atoms with Crippen molar-refractivity contribution in [3.05, 3.63) is 0 Å². The third-order valence-corrected chi connectivity index (χ3v) is 5.10. The van der Waals surface area contributed by atoms with Crippen LogP contribution in [0.1, 0.15) is 117 Å². The Morgan fingerprint density at radius 1 is 0.692 bits per heavy atom. The van der Waals surface area contributed by atoms with Gasteiger partial charge in [-0.2, -0.15) is 13.2 Å². The van der Waals surface area contributed by atoms with Crippen LogP contribution in [0.5, 0.6) is 0 Å². The van der Waals surface area contributed by atoms with E-state index in [2.05, 4.69) is 6.92 Å². The third kappa shape index (κ3) is 11.9. The van der Waals surface area contributed by atoms with Crippen molar-refractivity contribution in [2.45, 2.75) is 128 Å². The Balaban J connectivity index is 3.38. The molecule has 0 bridgehead atoms. The molecule has 0 saturated carbocycles. The van der Waals surface area contributed by atoms with Gasteiger partial charge in [0, 0.05) is 6.42 Å². The van der Waals surface area contributed by atoms with E-state index in [0.717, 1.165) is 25.7 Å². The molecule has 0 aliphatic carbocycles. The van der Waals surface area contributed by atoms with Crippen LogP contribution >= 0.6 is 0 Å². The minimum absolute atomic E-state index is 0.204. The third-order valence-electron chi connectivity index (χ3n) is 5.10. The molecule has 0 rings (SSSR count). The lowest BCUT2D eigenvalue weighted by atomic mass is 9.95. The molecule has 2 nitrogen and oxygen atoms in total. The summed E-state index contributed by atoms with van der Waals surface area (Å²) < 4.78 is 37.5. The lowest BCUT2D eigenvalue weighted by Crippen LogP contribution is -2.49. The van der Waals surface area contributed by atoms with Gasteiger partial charge in [-0.05, 0) is 13.3 Å². The van der Waals surface area contributed by atoms with Crippen molar-refractivity contribution in [2.24, 2.45) is 0 Å². The minimum Gasteiger partial charge on any atom is -0.374 e. The van der Waals surface area contributed by atoms with Gasteiger partial charge in [0.05, 0.1) is 0 Å². The molecule has 0 aromatic heterocycles. The van der Waals surface area contributed by atoms with Gasteiger partial charge in [0.1, 0.15) is 0 Å². The van der Waals surface area contributed by atoms with Crippen LogP contribution in [0.4, 0.5) is 13.2 Å². The van der Waals surface area contributed by atoms with Gasteiger partial charge in [0.25, 0.3) is 0 Å². The molecule has 0 aliphatic rings. The molecule has 0 heterocycles. The Morgan fingerprint density at radius 2 is 1.00 bits per heavy atom. The van der Waals surface area contributed by atoms with E-state index >= 15 is 0 Å². The molecule has 0 spiro atoms. The van der Waals surface area contributed by atoms with E-state index in [1.807, 2.05) is 0 Å². The molecular weight excluding hydrogens is 341 g/mol. The van der Waals surface area contributed by atoms with E-state index in [9.17, 15) is 23.1 Å². The maximum atomic E-state index is 12.5. The molecule has 156 valence electrons. The smallest absolute Gasteiger partial charge is 0.374 e. The number of halogens is 3. The topological polar surface area (TPSA) is 37.3 Å². The molecule has 0 aliphatic heterocycles. The molecule has 0 fully saturated rings. The molecule has 1 unspecified atom stereocenters. The van der Waals surface area contributed by atoms with Crippen molar-refractivity contribution in [3.8, 4) is 0 Å². The van der Waals surface area contributed by atoms with Crippen LogP contribution in [0.3, 0.4) is 0 Å². The largest absolute Gasteiger partial charge is 0.424 e. The summed E-state index contributed by atoms with van der Waals surface area (Å²) in [6, 6.07) is 0. The predicted octanol–water partition coefficient (Wildman–Crippen LogP) is 7.13. The number of hydrogen-bond acceptors (Lipinski definition) is 2. The fourth-order valence-corrected chi connectivity index (χ4v) is 3.06. The molecule has 1 atom stereocenters. The monoisotopic (exact) mass is 380 g/mol. The lowest BCUT2D eigenvalue weighted by Gasteiger charge is -2.24. The minimum atomic E-state index is -4.89. The average molecular weight is 381 g/mol. The highest BCUT2D eigenvalue weighted by Crippen LogP contribution is 2.32. The fraction of sp³-hybridized carbons (Fsp3) is 0.952. The van der Waals surface area contributed by atoms with Crippen molar-refractivity contribution in [2.75, 3.05) is 0 Å². The van der Waals surface area contributed by atoms with E-state index < -0.39 is 17.6 Å². The second-order valence-corrected chi connectivity index (χ2v) is 7.69. The molecular formula is C21H39F3O2. The van der Waals surface area contributed by atoms with Gasteiger partial charge in [-0.15, -0.1) is 0 Å². The number of carbonyl (C=O) groups is 1. The Morgan fingerprint density at radius 3 is 1.31 bits per heavy atom. The van der Waals surface area contributed by atoms with Gasteiger partial charge in [-0.1, -0.05) is 96.8 Å². The normalized spacial score (nSPS) is 14.4. The molecule has 0 saturated heterocycles. The average Bonchev–Trinajstić information content (AvgIpc) is 2.57. The highest BCUT2D eigenvalue weighted by atomic mass is 19.4. The van der Waals surface area contributed by atoms with Crippen LogP contribution in [0.2, 0.25) is 0 Å². The fourth-order valence-electron chi connectivity index (χ4n) is 3.06. The highest BCUT2D eigenvalue weighted by molar-refractivity contribution is 5.87. The van der Waals surface area contributed by atoms with Crippen LogP contribution < -0.4 is 0 Å². The van der Waals surface area contributed by atoms with E-state index in [1.54, 1.807) is 0 Å². The first-order valence-corrected chi connectivity index (χ1v) is 10.6. The summed E-state index contributed by atoms with van der Waals surface area (Å²) in [5, 5.41) is 9.26. The molecule has 0 amide bonds. The summed E-state index contributed by atoms with van der Waals surface area (Å²) in [6.45, 7) is 2.78. The number of ketones is 1. The first-order valence-electron chi connectivity index (χ1n) is 10.6. The summed E-state index contributed by atoms with van der Waals surface area (Å²) in [4.78, 5) is 11.5. The van der Waals surface area contributed by atoms with Crippen LogP contribution in [0.25, 0.3) is 0 Å². The van der Waals surface area contributed by atoms with Gasteiger partial charge in [0.2, 0.25) is 5.60 Å². The van der Waals surface area contributed by atoms with Gasteiger partial charge < -0.3 is 5.11 Å². The summed E-state index contributed by atoms with van der Waals surface area (Å²) in [5.41, 5.74) is -3.21. The highest BCUT2D eigenvalue weighted by Gasteiger charge is 2.54. The molecule has 5 heteroatoms. The number of Topliss-reactive ketones (excluding diaryl/α,β-unsaturated/α-hetero) is 1. The number of rotatable bonds is 17. The number of hydrogen-bond donors (Lipinski definition) is 1. The van der Waals surface area contributed by atoms with Crippen molar-refractivity contribution in [1.29, 1.82) is 0 Å². The maximum Gasteiger partial charge on any atom is 0.424 e. The first-order chi connectivity index (χ1) is 12.2. The number of carbonyl (C=O) groups excluding carboxylic acids is 1. The lowest BCUT2D eigenvalue weighted by molar-refractivity contribution is -0.244. The van der Waals surface area contributed by atoms with Gasteiger partial charge in [0.15, 0.2) is 5.78 Å². The second-order valence-electron chi connectivity index (χ2n) is 7.69. The van der Waals surface area contributed by atoms with Crippen LogP contribution in [-0.4, -0.2) is 22.7 Å². The van der Waals surface area contributed by atoms with E-state index in [4.69, 9.17) is 0 Å². The molecule has 1 N–H and O–H groups in total. The zero-order chi connectivity index (χ0) is 19.9. The van der Waals surface area contributed by atoms with Crippen molar-refractivity contribution >= 4 is 5.78 Å². The summed E-state index contributed by atoms with van der Waals surface area (Å²) >= 11 is 0. The second kappa shape index (κ2) is 14.5. The number of aliphatic hydroxyl groups is 1. The Labute approximate surface area is 157 Å². The van der Waals surface area contributed by atoms with Crippen LogP contribution in [0, 0.1) is 0 Å². The Hall–Kier alpha value is -0.580. The predicted molar refractivity (Wildman–Crippen MR) is 101 cm³/mol. The summed E-state index contributed by atoms with van der Waals surface area (Å²) in [7, 11) is 0. The molecule has 0 aromatic rings. The Kier molecular flexibility index (Phi) is 14.2. The van der Waals surface area contributed by atoms with E-state index in [1.165, 1.54) is 64.2 Å². The van der Waals surface area contributed by atoms with Gasteiger partial charge in [-0.25, -0.2) is 0 Å². The number of unbranched alkanes of at least 4 members (excludes halogenated alkanes) is 14. The van der Waals surface area contributed by atoms with Gasteiger partial charge in [-0.3, -0.25) is 4.79 Å². The Bertz CT molecular complexity index is 352. The van der Waals surface area contributed by atoms with Crippen LogP contribution in [0.15, 0.2) is 0 Å². The SMILES string of the molecule is CCCCCCCCCCCCCCCCCC(=O)C(C)(O)C(F)(F)F. The first kappa shape index (κ1) is 25.4. The van der Waals surface area contributed by atoms with E-state index in [-0.39, 0.29) is 6.42 Å². The van der Waals surface area contributed by atoms with Gasteiger partial charge >= 0.3 is 6.18 Å². The van der Waals surface area contributed by atoms with Crippen molar-refractivity contribution < 1.29 is 23.1 Å².